The first-order valence-corrected chi connectivity index (χ1v) is 6.40. The first-order valence-electron chi connectivity index (χ1n) is 5.87. The van der Waals surface area contributed by atoms with Crippen molar-refractivity contribution >= 4 is 23.4 Å². The zero-order chi connectivity index (χ0) is 13.4. The number of nitrogens with one attached hydrogen (secondary N) is 2. The molecule has 0 atom stereocenters. The number of halogens is 1. The van der Waals surface area contributed by atoms with Crippen LogP contribution in [-0.2, 0) is 10.7 Å². The maximum Gasteiger partial charge on any atom is 0.251 e. The summed E-state index contributed by atoms with van der Waals surface area (Å²) in [4.78, 5) is 23.0. The Labute approximate surface area is 112 Å². The highest BCUT2D eigenvalue weighted by atomic mass is 35.5. The lowest BCUT2D eigenvalue weighted by Gasteiger charge is -2.06. The van der Waals surface area contributed by atoms with Gasteiger partial charge in [-0.3, -0.25) is 9.59 Å². The number of carbonyl (C=O) groups is 2. The molecule has 5 heteroatoms. The van der Waals surface area contributed by atoms with Gasteiger partial charge in [0.15, 0.2) is 0 Å². The molecule has 0 saturated heterocycles. The van der Waals surface area contributed by atoms with Gasteiger partial charge in [0.1, 0.15) is 0 Å². The summed E-state index contributed by atoms with van der Waals surface area (Å²) in [6.45, 7) is 2.59. The second kappa shape index (κ2) is 7.71. The van der Waals surface area contributed by atoms with Gasteiger partial charge in [0.05, 0.1) is 6.54 Å². The molecule has 0 fully saturated rings. The van der Waals surface area contributed by atoms with Gasteiger partial charge in [0.25, 0.3) is 5.91 Å². The molecular weight excluding hydrogens is 252 g/mol. The van der Waals surface area contributed by atoms with E-state index < -0.39 is 0 Å². The molecule has 0 unspecified atom stereocenters. The minimum atomic E-state index is -0.261. The average molecular weight is 269 g/mol. The Bertz CT molecular complexity index is 404. The number of hydrogen-bond acceptors (Lipinski definition) is 2. The van der Waals surface area contributed by atoms with E-state index >= 15 is 0 Å². The zero-order valence-corrected chi connectivity index (χ0v) is 11.1. The fraction of sp³-hybridized carbons (Fsp3) is 0.385. The standard InChI is InChI=1S/C13H17ClN2O2/c1-2-7-15-12(17)9-16-13(18)11-5-3-10(8-14)4-6-11/h3-6H,2,7-9H2,1H3,(H,15,17)(H,16,18). The SMILES string of the molecule is CCCNC(=O)CNC(=O)c1ccc(CCl)cc1. The molecule has 98 valence electrons. The van der Waals surface area contributed by atoms with Crippen molar-refractivity contribution in [3.8, 4) is 0 Å². The van der Waals surface area contributed by atoms with E-state index in [9.17, 15) is 9.59 Å². The molecule has 0 aliphatic heterocycles. The van der Waals surface area contributed by atoms with Gasteiger partial charge in [-0.05, 0) is 24.1 Å². The molecular formula is C13H17ClN2O2. The molecule has 1 aromatic rings. The average Bonchev–Trinajstić information content (AvgIpc) is 2.42. The summed E-state index contributed by atoms with van der Waals surface area (Å²) >= 11 is 5.66. The van der Waals surface area contributed by atoms with E-state index in [0.717, 1.165) is 12.0 Å². The highest BCUT2D eigenvalue weighted by molar-refractivity contribution is 6.17. The molecule has 0 bridgehead atoms. The number of hydrogen-bond donors (Lipinski definition) is 2. The van der Waals surface area contributed by atoms with Gasteiger partial charge in [-0.1, -0.05) is 19.1 Å². The lowest BCUT2D eigenvalue weighted by molar-refractivity contribution is -0.120. The van der Waals surface area contributed by atoms with E-state index in [-0.39, 0.29) is 18.4 Å². The second-order valence-corrected chi connectivity index (χ2v) is 4.13. The molecule has 2 amide bonds. The molecule has 0 heterocycles. The second-order valence-electron chi connectivity index (χ2n) is 3.86. The number of rotatable bonds is 6. The number of alkyl halides is 1. The lowest BCUT2D eigenvalue weighted by atomic mass is 10.1. The summed E-state index contributed by atoms with van der Waals surface area (Å²) in [7, 11) is 0. The molecule has 0 spiro atoms. The Kier molecular flexibility index (Phi) is 6.22. The highest BCUT2D eigenvalue weighted by Crippen LogP contribution is 2.06. The van der Waals surface area contributed by atoms with Crippen LogP contribution in [0.15, 0.2) is 24.3 Å². The number of benzene rings is 1. The summed E-state index contributed by atoms with van der Waals surface area (Å²) in [6.07, 6.45) is 0.875. The maximum absolute atomic E-state index is 11.7. The van der Waals surface area contributed by atoms with Gasteiger partial charge >= 0.3 is 0 Å². The van der Waals surface area contributed by atoms with E-state index in [4.69, 9.17) is 11.6 Å². The topological polar surface area (TPSA) is 58.2 Å². The normalized spacial score (nSPS) is 9.89. The predicted molar refractivity (Wildman–Crippen MR) is 71.6 cm³/mol. The molecule has 0 aliphatic carbocycles. The van der Waals surface area contributed by atoms with E-state index in [1.807, 2.05) is 6.92 Å². The van der Waals surface area contributed by atoms with Crippen LogP contribution in [0.3, 0.4) is 0 Å². The largest absolute Gasteiger partial charge is 0.355 e. The van der Waals surface area contributed by atoms with E-state index in [2.05, 4.69) is 10.6 Å². The fourth-order valence-electron chi connectivity index (χ4n) is 1.33. The van der Waals surface area contributed by atoms with E-state index in [1.54, 1.807) is 24.3 Å². The van der Waals surface area contributed by atoms with Gasteiger partial charge in [0.2, 0.25) is 5.91 Å². The minimum Gasteiger partial charge on any atom is -0.355 e. The van der Waals surface area contributed by atoms with E-state index in [1.165, 1.54) is 0 Å². The van der Waals surface area contributed by atoms with E-state index in [0.29, 0.717) is 18.0 Å². The number of carbonyl (C=O) groups excluding carboxylic acids is 2. The fourth-order valence-corrected chi connectivity index (χ4v) is 1.51. The monoisotopic (exact) mass is 268 g/mol. The van der Waals surface area contributed by atoms with Crippen LogP contribution in [0.25, 0.3) is 0 Å². The molecule has 0 saturated carbocycles. The van der Waals surface area contributed by atoms with Gasteiger partial charge in [-0.25, -0.2) is 0 Å². The van der Waals surface area contributed by atoms with Crippen LogP contribution in [0.1, 0.15) is 29.3 Å². The summed E-state index contributed by atoms with van der Waals surface area (Å²) in [5, 5.41) is 5.25. The molecule has 4 nitrogen and oxygen atoms in total. The third-order valence-electron chi connectivity index (χ3n) is 2.35. The maximum atomic E-state index is 11.7. The summed E-state index contributed by atoms with van der Waals surface area (Å²) < 4.78 is 0. The van der Waals surface area contributed by atoms with Gasteiger partial charge in [-0.2, -0.15) is 0 Å². The molecule has 1 aromatic carbocycles. The molecule has 1 rings (SSSR count). The number of amides is 2. The Morgan fingerprint density at radius 1 is 1.17 bits per heavy atom. The third-order valence-corrected chi connectivity index (χ3v) is 2.66. The first kappa shape index (κ1) is 14.5. The Hall–Kier alpha value is -1.55. The van der Waals surface area contributed by atoms with Crippen molar-refractivity contribution in [2.24, 2.45) is 0 Å². The zero-order valence-electron chi connectivity index (χ0n) is 10.3. The molecule has 0 aliphatic rings. The van der Waals surface area contributed by atoms with Gasteiger partial charge in [0, 0.05) is 18.0 Å². The van der Waals surface area contributed by atoms with Crippen LogP contribution in [0.2, 0.25) is 0 Å². The van der Waals surface area contributed by atoms with Crippen LogP contribution in [-0.4, -0.2) is 24.9 Å². The van der Waals surface area contributed by atoms with Crippen molar-refractivity contribution in [3.63, 3.8) is 0 Å². The van der Waals surface area contributed by atoms with Crippen LogP contribution >= 0.6 is 11.6 Å². The third kappa shape index (κ3) is 4.75. The van der Waals surface area contributed by atoms with Crippen molar-refractivity contribution in [1.29, 1.82) is 0 Å². The molecule has 0 aromatic heterocycles. The minimum absolute atomic E-state index is 0.00388. The summed E-state index contributed by atoms with van der Waals surface area (Å²) in [6, 6.07) is 6.96. The van der Waals surface area contributed by atoms with Crippen LogP contribution < -0.4 is 10.6 Å². The first-order chi connectivity index (χ1) is 8.67. The molecule has 18 heavy (non-hydrogen) atoms. The van der Waals surface area contributed by atoms with Crippen molar-refractivity contribution in [1.82, 2.24) is 10.6 Å². The van der Waals surface area contributed by atoms with Gasteiger partial charge in [-0.15, -0.1) is 11.6 Å². The highest BCUT2D eigenvalue weighted by Gasteiger charge is 2.07. The van der Waals surface area contributed by atoms with Crippen molar-refractivity contribution in [2.75, 3.05) is 13.1 Å². The van der Waals surface area contributed by atoms with Gasteiger partial charge < -0.3 is 10.6 Å². The smallest absolute Gasteiger partial charge is 0.251 e. The van der Waals surface area contributed by atoms with Crippen molar-refractivity contribution in [3.05, 3.63) is 35.4 Å². The van der Waals surface area contributed by atoms with Crippen molar-refractivity contribution < 1.29 is 9.59 Å². The summed E-state index contributed by atoms with van der Waals surface area (Å²) in [5.74, 6) is -0.0215. The Morgan fingerprint density at radius 3 is 2.39 bits per heavy atom. The molecule has 0 radical (unpaired) electrons. The Morgan fingerprint density at radius 2 is 1.83 bits per heavy atom. The van der Waals surface area contributed by atoms with Crippen LogP contribution in [0.4, 0.5) is 0 Å². The molecule has 2 N–H and O–H groups in total. The Balaban J connectivity index is 2.42. The summed E-state index contributed by atoms with van der Waals surface area (Å²) in [5.41, 5.74) is 1.47. The van der Waals surface area contributed by atoms with Crippen LogP contribution in [0, 0.1) is 0 Å². The predicted octanol–water partition coefficient (Wildman–Crippen LogP) is 1.68. The van der Waals surface area contributed by atoms with Crippen molar-refractivity contribution in [2.45, 2.75) is 19.2 Å². The lowest BCUT2D eigenvalue weighted by Crippen LogP contribution is -2.37. The van der Waals surface area contributed by atoms with Crippen LogP contribution in [0.5, 0.6) is 0 Å². The quantitative estimate of drug-likeness (QED) is 0.772.